The van der Waals surface area contributed by atoms with Gasteiger partial charge in [0.1, 0.15) is 5.75 Å². The van der Waals surface area contributed by atoms with E-state index in [1.54, 1.807) is 13.2 Å². The highest BCUT2D eigenvalue weighted by Crippen LogP contribution is 2.14. The van der Waals surface area contributed by atoms with Crippen LogP contribution < -0.4 is 4.74 Å². The van der Waals surface area contributed by atoms with Crippen LogP contribution >= 0.6 is 0 Å². The van der Waals surface area contributed by atoms with E-state index in [9.17, 15) is 4.79 Å². The van der Waals surface area contributed by atoms with Crippen molar-refractivity contribution in [2.75, 3.05) is 7.11 Å². The monoisotopic (exact) mass is 278 g/mol. The quantitative estimate of drug-likeness (QED) is 0.759. The molecule has 2 rings (SSSR count). The standard InChI is InChI=1S/C19H18O2/c1-15(14-17-8-11-18(21-2)12-9-17)19(20)13-10-16-6-4-3-5-7-16/h3-14H,1-2H3/b13-10+,15-14+. The van der Waals surface area contributed by atoms with E-state index in [1.807, 2.05) is 73.7 Å². The van der Waals surface area contributed by atoms with Crippen LogP contribution in [0.3, 0.4) is 0 Å². The van der Waals surface area contributed by atoms with Crippen molar-refractivity contribution in [3.05, 3.63) is 77.4 Å². The molecule has 0 aliphatic carbocycles. The Labute approximate surface area is 125 Å². The number of benzene rings is 2. The van der Waals surface area contributed by atoms with Gasteiger partial charge in [-0.1, -0.05) is 48.5 Å². The molecular weight excluding hydrogens is 260 g/mol. The summed E-state index contributed by atoms with van der Waals surface area (Å²) in [5.74, 6) is 0.815. The summed E-state index contributed by atoms with van der Waals surface area (Å²) in [6, 6.07) is 17.4. The smallest absolute Gasteiger partial charge is 0.181 e. The first kappa shape index (κ1) is 14.8. The number of allylic oxidation sites excluding steroid dienone is 2. The number of hydrogen-bond acceptors (Lipinski definition) is 2. The van der Waals surface area contributed by atoms with Crippen LogP contribution in [0.1, 0.15) is 18.1 Å². The third kappa shape index (κ3) is 4.46. The number of carbonyl (C=O) groups excluding carboxylic acids is 1. The van der Waals surface area contributed by atoms with Crippen molar-refractivity contribution in [2.45, 2.75) is 6.92 Å². The summed E-state index contributed by atoms with van der Waals surface area (Å²) >= 11 is 0. The summed E-state index contributed by atoms with van der Waals surface area (Å²) in [6.45, 7) is 1.82. The Morgan fingerprint density at radius 1 is 0.952 bits per heavy atom. The minimum absolute atomic E-state index is 0.00895. The molecule has 0 spiro atoms. The Hall–Kier alpha value is -2.61. The van der Waals surface area contributed by atoms with Gasteiger partial charge in [-0.25, -0.2) is 0 Å². The molecule has 21 heavy (non-hydrogen) atoms. The lowest BCUT2D eigenvalue weighted by molar-refractivity contribution is -0.111. The number of carbonyl (C=O) groups is 1. The molecule has 2 nitrogen and oxygen atoms in total. The molecule has 0 N–H and O–H groups in total. The normalized spacial score (nSPS) is 11.6. The first-order valence-electron chi connectivity index (χ1n) is 6.79. The molecule has 0 bridgehead atoms. The van der Waals surface area contributed by atoms with Crippen LogP contribution in [0, 0.1) is 0 Å². The van der Waals surface area contributed by atoms with Gasteiger partial charge in [0.05, 0.1) is 7.11 Å². The van der Waals surface area contributed by atoms with E-state index >= 15 is 0 Å². The Balaban J connectivity index is 2.07. The second-order valence-corrected chi connectivity index (χ2v) is 4.71. The number of rotatable bonds is 5. The Bertz CT molecular complexity index is 650. The van der Waals surface area contributed by atoms with Crippen molar-refractivity contribution < 1.29 is 9.53 Å². The maximum absolute atomic E-state index is 12.1. The SMILES string of the molecule is COc1ccc(/C=C(\C)C(=O)/C=C/c2ccccc2)cc1. The van der Waals surface area contributed by atoms with Crippen LogP contribution in [0.25, 0.3) is 12.2 Å². The number of ketones is 1. The average Bonchev–Trinajstić information content (AvgIpc) is 2.54. The maximum Gasteiger partial charge on any atom is 0.181 e. The van der Waals surface area contributed by atoms with Crippen LogP contribution in [0.5, 0.6) is 5.75 Å². The fourth-order valence-electron chi connectivity index (χ4n) is 1.89. The van der Waals surface area contributed by atoms with Crippen LogP contribution in [0.2, 0.25) is 0 Å². The molecule has 0 fully saturated rings. The van der Waals surface area contributed by atoms with E-state index in [2.05, 4.69) is 0 Å². The lowest BCUT2D eigenvalue weighted by Gasteiger charge is -2.00. The summed E-state index contributed by atoms with van der Waals surface area (Å²) < 4.78 is 5.11. The summed E-state index contributed by atoms with van der Waals surface area (Å²) in [7, 11) is 1.63. The highest BCUT2D eigenvalue weighted by atomic mass is 16.5. The molecule has 0 radical (unpaired) electrons. The second-order valence-electron chi connectivity index (χ2n) is 4.71. The molecule has 0 aliphatic rings. The minimum Gasteiger partial charge on any atom is -0.497 e. The van der Waals surface area contributed by atoms with Gasteiger partial charge < -0.3 is 4.74 Å². The van der Waals surface area contributed by atoms with E-state index in [-0.39, 0.29) is 5.78 Å². The highest BCUT2D eigenvalue weighted by Gasteiger charge is 2.00. The predicted molar refractivity (Wildman–Crippen MR) is 87.1 cm³/mol. The van der Waals surface area contributed by atoms with Crippen LogP contribution in [-0.4, -0.2) is 12.9 Å². The summed E-state index contributed by atoms with van der Waals surface area (Å²) in [6.07, 6.45) is 5.30. The zero-order valence-electron chi connectivity index (χ0n) is 12.2. The van der Waals surface area contributed by atoms with Crippen LogP contribution in [0.15, 0.2) is 66.2 Å². The molecule has 0 atom stereocenters. The van der Waals surface area contributed by atoms with Gasteiger partial charge in [0, 0.05) is 0 Å². The number of methoxy groups -OCH3 is 1. The Morgan fingerprint density at radius 3 is 2.24 bits per heavy atom. The van der Waals surface area contributed by atoms with Crippen molar-refractivity contribution in [3.8, 4) is 5.75 Å². The summed E-state index contributed by atoms with van der Waals surface area (Å²) in [5.41, 5.74) is 2.70. The van der Waals surface area contributed by atoms with E-state index < -0.39 is 0 Å². The fourth-order valence-corrected chi connectivity index (χ4v) is 1.89. The van der Waals surface area contributed by atoms with Gasteiger partial charge in [0.15, 0.2) is 5.78 Å². The second kappa shape index (κ2) is 7.25. The van der Waals surface area contributed by atoms with E-state index in [4.69, 9.17) is 4.74 Å². The zero-order chi connectivity index (χ0) is 15.1. The lowest BCUT2D eigenvalue weighted by atomic mass is 10.1. The van der Waals surface area contributed by atoms with Gasteiger partial charge in [0.2, 0.25) is 0 Å². The van der Waals surface area contributed by atoms with Gasteiger partial charge in [0.25, 0.3) is 0 Å². The van der Waals surface area contributed by atoms with Crippen molar-refractivity contribution in [1.29, 1.82) is 0 Å². The molecule has 0 aliphatic heterocycles. The summed E-state index contributed by atoms with van der Waals surface area (Å²) in [5, 5.41) is 0. The molecule has 0 amide bonds. The molecule has 0 saturated carbocycles. The average molecular weight is 278 g/mol. The Kier molecular flexibility index (Phi) is 5.10. The van der Waals surface area contributed by atoms with Crippen molar-refractivity contribution in [2.24, 2.45) is 0 Å². The first-order valence-corrected chi connectivity index (χ1v) is 6.79. The van der Waals surface area contributed by atoms with Crippen molar-refractivity contribution >= 4 is 17.9 Å². The highest BCUT2D eigenvalue weighted by molar-refractivity contribution is 6.08. The molecule has 0 saturated heterocycles. The van der Waals surface area contributed by atoms with Crippen LogP contribution in [-0.2, 0) is 4.79 Å². The van der Waals surface area contributed by atoms with Gasteiger partial charge in [-0.15, -0.1) is 0 Å². The lowest BCUT2D eigenvalue weighted by Crippen LogP contribution is -1.94. The van der Waals surface area contributed by atoms with Crippen molar-refractivity contribution in [1.82, 2.24) is 0 Å². The van der Waals surface area contributed by atoms with E-state index in [1.165, 1.54) is 0 Å². The summed E-state index contributed by atoms with van der Waals surface area (Å²) in [4.78, 5) is 12.1. The predicted octanol–water partition coefficient (Wildman–Crippen LogP) is 4.38. The van der Waals surface area contributed by atoms with Crippen LogP contribution in [0.4, 0.5) is 0 Å². The van der Waals surface area contributed by atoms with E-state index in [0.29, 0.717) is 5.57 Å². The Morgan fingerprint density at radius 2 is 1.62 bits per heavy atom. The van der Waals surface area contributed by atoms with Gasteiger partial charge >= 0.3 is 0 Å². The molecule has 106 valence electrons. The number of hydrogen-bond donors (Lipinski definition) is 0. The first-order chi connectivity index (χ1) is 10.2. The molecule has 2 aromatic carbocycles. The molecule has 2 heteroatoms. The third-order valence-corrected chi connectivity index (χ3v) is 3.11. The largest absolute Gasteiger partial charge is 0.497 e. The number of ether oxygens (including phenoxy) is 1. The molecule has 0 unspecified atom stereocenters. The molecular formula is C19H18O2. The fraction of sp³-hybridized carbons (Fsp3) is 0.105. The van der Waals surface area contributed by atoms with Gasteiger partial charge in [-0.3, -0.25) is 4.79 Å². The zero-order valence-corrected chi connectivity index (χ0v) is 12.2. The van der Waals surface area contributed by atoms with E-state index in [0.717, 1.165) is 16.9 Å². The third-order valence-electron chi connectivity index (χ3n) is 3.11. The van der Waals surface area contributed by atoms with Gasteiger partial charge in [-0.05, 0) is 47.9 Å². The maximum atomic E-state index is 12.1. The topological polar surface area (TPSA) is 26.3 Å². The molecule has 0 aromatic heterocycles. The van der Waals surface area contributed by atoms with Gasteiger partial charge in [-0.2, -0.15) is 0 Å². The molecule has 0 heterocycles. The molecule has 2 aromatic rings. The van der Waals surface area contributed by atoms with Crippen molar-refractivity contribution in [3.63, 3.8) is 0 Å². The minimum atomic E-state index is 0.00895.